The van der Waals surface area contributed by atoms with E-state index < -0.39 is 21.9 Å². The molecule has 0 aliphatic carbocycles. The van der Waals surface area contributed by atoms with Crippen LogP contribution < -0.4 is 16.0 Å². The van der Waals surface area contributed by atoms with Gasteiger partial charge in [0, 0.05) is 0 Å². The molecule has 0 atom stereocenters. The summed E-state index contributed by atoms with van der Waals surface area (Å²) in [4.78, 5) is 11.8. The Hall–Kier alpha value is -1.67. The maximum atomic E-state index is 12.5. The quantitative estimate of drug-likeness (QED) is 0.624. The summed E-state index contributed by atoms with van der Waals surface area (Å²) in [5.41, 5.74) is 6.37. The molecule has 0 saturated heterocycles. The lowest BCUT2D eigenvalue weighted by molar-refractivity contribution is 0.247. The third kappa shape index (κ3) is 3.18. The van der Waals surface area contributed by atoms with Gasteiger partial charge < -0.3 is 5.73 Å². The number of hydrazine groups is 1. The average molecular weight is 233 g/mol. The summed E-state index contributed by atoms with van der Waals surface area (Å²) in [5, 5.41) is 0. The number of nitrogens with two attached hydrogens (primary N) is 1. The monoisotopic (exact) mass is 233 g/mol. The van der Waals surface area contributed by atoms with Gasteiger partial charge in [0.2, 0.25) is 0 Å². The SMILES string of the molecule is NC(=O)NNS(=O)(=O)c1ccc(F)cc1. The van der Waals surface area contributed by atoms with Crippen LogP contribution in [0, 0.1) is 5.82 Å². The standard InChI is InChI=1S/C7H8FN3O3S/c8-5-1-3-6(4-2-5)15(13,14)11-10-7(9)12/h1-4,11H,(H3,9,10,12). The largest absolute Gasteiger partial charge is 0.351 e. The van der Waals surface area contributed by atoms with Crippen molar-refractivity contribution in [2.24, 2.45) is 5.73 Å². The van der Waals surface area contributed by atoms with E-state index in [0.717, 1.165) is 24.3 Å². The molecule has 0 aliphatic rings. The van der Waals surface area contributed by atoms with Gasteiger partial charge in [-0.1, -0.05) is 0 Å². The first kappa shape index (κ1) is 11.4. The van der Waals surface area contributed by atoms with Crippen molar-refractivity contribution in [1.29, 1.82) is 0 Å². The van der Waals surface area contributed by atoms with Gasteiger partial charge in [0.15, 0.2) is 0 Å². The number of carbonyl (C=O) groups excluding carboxylic acids is 1. The summed E-state index contributed by atoms with van der Waals surface area (Å²) >= 11 is 0. The molecule has 0 aliphatic heterocycles. The van der Waals surface area contributed by atoms with Crippen molar-refractivity contribution in [1.82, 2.24) is 10.3 Å². The van der Waals surface area contributed by atoms with Crippen molar-refractivity contribution in [3.05, 3.63) is 30.1 Å². The number of urea groups is 1. The minimum absolute atomic E-state index is 0.183. The summed E-state index contributed by atoms with van der Waals surface area (Å²) in [6.45, 7) is 0. The third-order valence-electron chi connectivity index (χ3n) is 1.43. The van der Waals surface area contributed by atoms with Gasteiger partial charge in [-0.25, -0.2) is 17.6 Å². The van der Waals surface area contributed by atoms with Gasteiger partial charge in [0.05, 0.1) is 4.90 Å². The Morgan fingerprint density at radius 1 is 1.27 bits per heavy atom. The van der Waals surface area contributed by atoms with E-state index in [4.69, 9.17) is 0 Å². The first-order valence-corrected chi connectivity index (χ1v) is 5.23. The van der Waals surface area contributed by atoms with Crippen molar-refractivity contribution in [3.63, 3.8) is 0 Å². The second kappa shape index (κ2) is 4.24. The molecular formula is C7H8FN3O3S. The predicted molar refractivity (Wildman–Crippen MR) is 49.4 cm³/mol. The van der Waals surface area contributed by atoms with Gasteiger partial charge in [0.25, 0.3) is 10.0 Å². The molecule has 15 heavy (non-hydrogen) atoms. The lowest BCUT2D eigenvalue weighted by atomic mass is 10.4. The van der Waals surface area contributed by atoms with Crippen molar-refractivity contribution in [3.8, 4) is 0 Å². The molecule has 1 aromatic rings. The number of carbonyl (C=O) groups is 1. The lowest BCUT2D eigenvalue weighted by Crippen LogP contribution is -2.44. The molecule has 1 aromatic carbocycles. The topological polar surface area (TPSA) is 101 Å². The maximum absolute atomic E-state index is 12.5. The molecule has 0 saturated carbocycles. The molecule has 1 rings (SSSR count). The number of sulfonamides is 1. The predicted octanol–water partition coefficient (Wildman–Crippen LogP) is -0.313. The van der Waals surface area contributed by atoms with Crippen LogP contribution in [0.5, 0.6) is 0 Å². The molecule has 2 amide bonds. The fraction of sp³-hybridized carbons (Fsp3) is 0. The zero-order valence-corrected chi connectivity index (χ0v) is 8.21. The molecule has 8 heteroatoms. The van der Waals surface area contributed by atoms with Crippen molar-refractivity contribution < 1.29 is 17.6 Å². The van der Waals surface area contributed by atoms with Gasteiger partial charge >= 0.3 is 6.03 Å². The molecule has 0 fully saturated rings. The summed E-state index contributed by atoms with van der Waals surface area (Å²) in [7, 11) is -3.90. The molecular weight excluding hydrogens is 225 g/mol. The zero-order valence-electron chi connectivity index (χ0n) is 7.40. The molecule has 0 unspecified atom stereocenters. The number of rotatable bonds is 3. The van der Waals surface area contributed by atoms with E-state index in [0.29, 0.717) is 0 Å². The fourth-order valence-electron chi connectivity index (χ4n) is 0.790. The van der Waals surface area contributed by atoms with E-state index in [1.165, 1.54) is 0 Å². The van der Waals surface area contributed by atoms with Crippen molar-refractivity contribution >= 4 is 16.1 Å². The second-order valence-corrected chi connectivity index (χ2v) is 4.23. The first-order valence-electron chi connectivity index (χ1n) is 3.74. The normalized spacial score (nSPS) is 11.0. The van der Waals surface area contributed by atoms with E-state index in [1.54, 1.807) is 10.3 Å². The number of halogens is 1. The Kier molecular flexibility index (Phi) is 3.22. The van der Waals surface area contributed by atoms with E-state index in [-0.39, 0.29) is 4.90 Å². The minimum atomic E-state index is -3.90. The lowest BCUT2D eigenvalue weighted by Gasteiger charge is -2.05. The summed E-state index contributed by atoms with van der Waals surface area (Å²) in [6.07, 6.45) is 0. The Labute approximate surface area is 85.3 Å². The van der Waals surface area contributed by atoms with Crippen LogP contribution in [0.1, 0.15) is 0 Å². The van der Waals surface area contributed by atoms with Crippen LogP contribution in [0.4, 0.5) is 9.18 Å². The van der Waals surface area contributed by atoms with Gasteiger partial charge in [-0.3, -0.25) is 5.43 Å². The van der Waals surface area contributed by atoms with Crippen molar-refractivity contribution in [2.75, 3.05) is 0 Å². The van der Waals surface area contributed by atoms with Crippen LogP contribution in [0.15, 0.2) is 29.2 Å². The highest BCUT2D eigenvalue weighted by Crippen LogP contribution is 2.08. The number of nitrogens with one attached hydrogen (secondary N) is 2. The molecule has 0 bridgehead atoms. The van der Waals surface area contributed by atoms with E-state index in [1.807, 2.05) is 0 Å². The summed E-state index contributed by atoms with van der Waals surface area (Å²) in [5.74, 6) is -0.559. The van der Waals surface area contributed by atoms with E-state index >= 15 is 0 Å². The number of amides is 2. The molecule has 0 heterocycles. The number of hydrogen-bond acceptors (Lipinski definition) is 3. The van der Waals surface area contributed by atoms with Crippen LogP contribution >= 0.6 is 0 Å². The Bertz CT molecular complexity index is 457. The van der Waals surface area contributed by atoms with Crippen LogP contribution in [0.3, 0.4) is 0 Å². The number of primary amides is 1. The Balaban J connectivity index is 2.87. The summed E-state index contributed by atoms with van der Waals surface area (Å²) in [6, 6.07) is 3.04. The highest BCUT2D eigenvalue weighted by atomic mass is 32.2. The van der Waals surface area contributed by atoms with Crippen LogP contribution in [0.2, 0.25) is 0 Å². The maximum Gasteiger partial charge on any atom is 0.327 e. The Morgan fingerprint density at radius 2 is 1.80 bits per heavy atom. The van der Waals surface area contributed by atoms with Crippen LogP contribution in [-0.4, -0.2) is 14.4 Å². The molecule has 4 N–H and O–H groups in total. The third-order valence-corrected chi connectivity index (χ3v) is 2.70. The van der Waals surface area contributed by atoms with Crippen LogP contribution in [-0.2, 0) is 10.0 Å². The van der Waals surface area contributed by atoms with Crippen LogP contribution in [0.25, 0.3) is 0 Å². The fourth-order valence-corrected chi connectivity index (χ4v) is 1.64. The van der Waals surface area contributed by atoms with Gasteiger partial charge in [-0.15, -0.1) is 4.83 Å². The van der Waals surface area contributed by atoms with E-state index in [9.17, 15) is 17.6 Å². The molecule has 82 valence electrons. The zero-order chi connectivity index (χ0) is 11.5. The van der Waals surface area contributed by atoms with Crippen molar-refractivity contribution in [2.45, 2.75) is 4.90 Å². The second-order valence-electron chi connectivity index (χ2n) is 2.55. The average Bonchev–Trinajstić information content (AvgIpc) is 2.16. The highest BCUT2D eigenvalue weighted by Gasteiger charge is 2.13. The Morgan fingerprint density at radius 3 is 2.27 bits per heavy atom. The van der Waals surface area contributed by atoms with Gasteiger partial charge in [0.1, 0.15) is 5.82 Å². The summed E-state index contributed by atoms with van der Waals surface area (Å²) < 4.78 is 35.2. The van der Waals surface area contributed by atoms with Gasteiger partial charge in [-0.05, 0) is 24.3 Å². The first-order chi connectivity index (χ1) is 6.92. The molecule has 0 spiro atoms. The smallest absolute Gasteiger partial charge is 0.327 e. The van der Waals surface area contributed by atoms with Gasteiger partial charge in [-0.2, -0.15) is 0 Å². The molecule has 0 radical (unpaired) electrons. The number of benzene rings is 1. The van der Waals surface area contributed by atoms with E-state index in [2.05, 4.69) is 5.73 Å². The highest BCUT2D eigenvalue weighted by molar-refractivity contribution is 7.89. The molecule has 0 aromatic heterocycles. The number of hydrogen-bond donors (Lipinski definition) is 3. The minimum Gasteiger partial charge on any atom is -0.351 e. The molecule has 6 nitrogen and oxygen atoms in total.